The van der Waals surface area contributed by atoms with E-state index < -0.39 is 18.6 Å². The predicted molar refractivity (Wildman–Crippen MR) is 122 cm³/mol. The summed E-state index contributed by atoms with van der Waals surface area (Å²) in [5.74, 6) is -0.974. The summed E-state index contributed by atoms with van der Waals surface area (Å²) in [6.45, 7) is 2.42. The van der Waals surface area contributed by atoms with Crippen molar-refractivity contribution in [3.05, 3.63) is 66.4 Å². The standard InChI is InChI=1S/C23H23F3N4O2S/c1-15(2)28-21(32)17-10-6-7-11-18(17)29-20(31)13-33-22-27-12-19(16-8-4-3-5-9-16)30(22)14-23(24,25)26/h3-12,15H,13-14H2,1-2H3,(H,28,32)(H,29,31). The first-order valence-electron chi connectivity index (χ1n) is 10.1. The summed E-state index contributed by atoms with van der Waals surface area (Å²) in [5.41, 5.74) is 1.53. The van der Waals surface area contributed by atoms with Gasteiger partial charge in [-0.2, -0.15) is 13.2 Å². The van der Waals surface area contributed by atoms with Gasteiger partial charge in [-0.25, -0.2) is 4.98 Å². The number of benzene rings is 2. The Morgan fingerprint density at radius 3 is 2.39 bits per heavy atom. The molecular formula is C23H23F3N4O2S. The van der Waals surface area contributed by atoms with Gasteiger partial charge in [0.25, 0.3) is 5.91 Å². The Balaban J connectivity index is 1.75. The van der Waals surface area contributed by atoms with Crippen molar-refractivity contribution in [3.8, 4) is 11.3 Å². The van der Waals surface area contributed by atoms with E-state index in [0.717, 1.165) is 16.3 Å². The van der Waals surface area contributed by atoms with Crippen molar-refractivity contribution < 1.29 is 22.8 Å². The van der Waals surface area contributed by atoms with Gasteiger partial charge in [0.05, 0.1) is 28.9 Å². The van der Waals surface area contributed by atoms with Crippen LogP contribution in [0.15, 0.2) is 66.0 Å². The summed E-state index contributed by atoms with van der Waals surface area (Å²) < 4.78 is 40.7. The number of thioether (sulfide) groups is 1. The number of halogens is 3. The monoisotopic (exact) mass is 476 g/mol. The van der Waals surface area contributed by atoms with Crippen LogP contribution in [0.25, 0.3) is 11.3 Å². The highest BCUT2D eigenvalue weighted by Gasteiger charge is 2.31. The third-order valence-electron chi connectivity index (χ3n) is 4.42. The van der Waals surface area contributed by atoms with Gasteiger partial charge >= 0.3 is 6.18 Å². The number of hydrogen-bond donors (Lipinski definition) is 2. The minimum atomic E-state index is -4.45. The Kier molecular flexibility index (Phi) is 7.80. The van der Waals surface area contributed by atoms with Crippen molar-refractivity contribution in [3.63, 3.8) is 0 Å². The lowest BCUT2D eigenvalue weighted by atomic mass is 10.1. The van der Waals surface area contributed by atoms with Crippen LogP contribution in [0.2, 0.25) is 0 Å². The number of nitrogens with zero attached hydrogens (tertiary/aromatic N) is 2. The molecule has 6 nitrogen and oxygen atoms in total. The van der Waals surface area contributed by atoms with Gasteiger partial charge in [0.15, 0.2) is 5.16 Å². The zero-order chi connectivity index (χ0) is 24.0. The van der Waals surface area contributed by atoms with Gasteiger partial charge in [-0.15, -0.1) is 0 Å². The van der Waals surface area contributed by atoms with Crippen molar-refractivity contribution in [1.29, 1.82) is 0 Å². The van der Waals surface area contributed by atoms with Crippen LogP contribution < -0.4 is 10.6 Å². The van der Waals surface area contributed by atoms with Crippen LogP contribution in [0.4, 0.5) is 18.9 Å². The van der Waals surface area contributed by atoms with E-state index in [1.54, 1.807) is 54.6 Å². The molecule has 2 amide bonds. The van der Waals surface area contributed by atoms with Crippen LogP contribution in [-0.2, 0) is 11.3 Å². The first kappa shape index (κ1) is 24.4. The van der Waals surface area contributed by atoms with E-state index in [1.807, 2.05) is 13.8 Å². The molecule has 0 bridgehead atoms. The molecule has 0 radical (unpaired) electrons. The van der Waals surface area contributed by atoms with E-state index in [2.05, 4.69) is 15.6 Å². The SMILES string of the molecule is CC(C)NC(=O)c1ccccc1NC(=O)CSc1ncc(-c2ccccc2)n1CC(F)(F)F. The molecule has 2 N–H and O–H groups in total. The Labute approximate surface area is 193 Å². The summed E-state index contributed by atoms with van der Waals surface area (Å²) >= 11 is 0.895. The highest BCUT2D eigenvalue weighted by molar-refractivity contribution is 7.99. The van der Waals surface area contributed by atoms with E-state index in [-0.39, 0.29) is 22.9 Å². The molecule has 0 unspecified atom stereocenters. The number of amides is 2. The number of hydrogen-bond acceptors (Lipinski definition) is 4. The topological polar surface area (TPSA) is 76.0 Å². The van der Waals surface area contributed by atoms with Gasteiger partial charge in [-0.1, -0.05) is 54.2 Å². The largest absolute Gasteiger partial charge is 0.406 e. The van der Waals surface area contributed by atoms with Gasteiger partial charge in [0.2, 0.25) is 5.91 Å². The maximum Gasteiger partial charge on any atom is 0.406 e. The van der Waals surface area contributed by atoms with Gasteiger partial charge in [-0.3, -0.25) is 9.59 Å². The molecule has 1 aromatic heterocycles. The third-order valence-corrected chi connectivity index (χ3v) is 5.41. The molecule has 0 atom stereocenters. The van der Waals surface area contributed by atoms with Crippen molar-refractivity contribution in [1.82, 2.24) is 14.9 Å². The summed E-state index contributed by atoms with van der Waals surface area (Å²) in [6.07, 6.45) is -3.09. The highest BCUT2D eigenvalue weighted by atomic mass is 32.2. The second-order valence-corrected chi connectivity index (χ2v) is 8.45. The molecule has 0 aliphatic rings. The van der Waals surface area contributed by atoms with Crippen molar-refractivity contribution >= 4 is 29.3 Å². The fraction of sp³-hybridized carbons (Fsp3) is 0.261. The molecule has 3 aromatic rings. The number of carbonyl (C=O) groups excluding carboxylic acids is 2. The average Bonchev–Trinajstić information content (AvgIpc) is 3.13. The first-order chi connectivity index (χ1) is 15.6. The van der Waals surface area contributed by atoms with Gasteiger partial charge in [0, 0.05) is 6.04 Å². The van der Waals surface area contributed by atoms with Crippen LogP contribution in [0.5, 0.6) is 0 Å². The molecule has 0 aliphatic carbocycles. The fourth-order valence-corrected chi connectivity index (χ4v) is 3.87. The summed E-state index contributed by atoms with van der Waals surface area (Å²) in [7, 11) is 0. The number of anilines is 1. The van der Waals surface area contributed by atoms with Crippen LogP contribution in [0.1, 0.15) is 24.2 Å². The maximum atomic E-state index is 13.2. The Morgan fingerprint density at radius 1 is 1.06 bits per heavy atom. The average molecular weight is 477 g/mol. The zero-order valence-electron chi connectivity index (χ0n) is 18.0. The lowest BCUT2D eigenvalue weighted by Gasteiger charge is -2.15. The molecule has 174 valence electrons. The molecule has 1 heterocycles. The van der Waals surface area contributed by atoms with Crippen LogP contribution >= 0.6 is 11.8 Å². The fourth-order valence-electron chi connectivity index (χ4n) is 3.09. The molecule has 0 fully saturated rings. The molecule has 2 aromatic carbocycles. The molecule has 33 heavy (non-hydrogen) atoms. The number of aromatic nitrogens is 2. The molecule has 0 saturated carbocycles. The third kappa shape index (κ3) is 6.85. The molecule has 0 aliphatic heterocycles. The second-order valence-electron chi connectivity index (χ2n) is 7.50. The Bertz CT molecular complexity index is 1110. The first-order valence-corrected chi connectivity index (χ1v) is 11.1. The number of para-hydroxylation sites is 1. The maximum absolute atomic E-state index is 13.2. The second kappa shape index (κ2) is 10.6. The summed E-state index contributed by atoms with van der Waals surface area (Å²) in [4.78, 5) is 29.0. The zero-order valence-corrected chi connectivity index (χ0v) is 18.8. The molecule has 0 saturated heterocycles. The quantitative estimate of drug-likeness (QED) is 0.450. The lowest BCUT2D eigenvalue weighted by molar-refractivity contribution is -0.141. The predicted octanol–water partition coefficient (Wildman–Crippen LogP) is 4.98. The van der Waals surface area contributed by atoms with E-state index in [1.165, 1.54) is 6.20 Å². The summed E-state index contributed by atoms with van der Waals surface area (Å²) in [6, 6.07) is 15.1. The molecule has 10 heteroatoms. The minimum Gasteiger partial charge on any atom is -0.350 e. The van der Waals surface area contributed by atoms with Crippen molar-refractivity contribution in [2.75, 3.05) is 11.1 Å². The number of alkyl halides is 3. The van der Waals surface area contributed by atoms with Crippen LogP contribution in [-0.4, -0.2) is 39.3 Å². The highest BCUT2D eigenvalue weighted by Crippen LogP contribution is 2.30. The number of nitrogens with one attached hydrogen (secondary N) is 2. The molecule has 0 spiro atoms. The minimum absolute atomic E-state index is 0.0761. The van der Waals surface area contributed by atoms with Crippen LogP contribution in [0.3, 0.4) is 0 Å². The van der Waals surface area contributed by atoms with E-state index in [4.69, 9.17) is 0 Å². The Morgan fingerprint density at radius 2 is 1.73 bits per heavy atom. The summed E-state index contributed by atoms with van der Waals surface area (Å²) in [5, 5.41) is 5.50. The Hall–Kier alpha value is -3.27. The van der Waals surface area contributed by atoms with Crippen molar-refractivity contribution in [2.45, 2.75) is 37.8 Å². The van der Waals surface area contributed by atoms with Gasteiger partial charge in [-0.05, 0) is 31.5 Å². The number of imidazole rings is 1. The van der Waals surface area contributed by atoms with Gasteiger partial charge in [0.1, 0.15) is 6.54 Å². The smallest absolute Gasteiger partial charge is 0.350 e. The lowest BCUT2D eigenvalue weighted by Crippen LogP contribution is -2.31. The van der Waals surface area contributed by atoms with Gasteiger partial charge < -0.3 is 15.2 Å². The van der Waals surface area contributed by atoms with Crippen molar-refractivity contribution in [2.24, 2.45) is 0 Å². The number of rotatable bonds is 8. The number of carbonyl (C=O) groups is 2. The normalized spacial score (nSPS) is 11.5. The molecule has 3 rings (SSSR count). The van der Waals surface area contributed by atoms with E-state index >= 15 is 0 Å². The van der Waals surface area contributed by atoms with E-state index in [9.17, 15) is 22.8 Å². The van der Waals surface area contributed by atoms with Crippen LogP contribution in [0, 0.1) is 0 Å². The van der Waals surface area contributed by atoms with E-state index in [0.29, 0.717) is 22.5 Å². The molecular weight excluding hydrogens is 453 g/mol.